The molecule has 0 amide bonds. The van der Waals surface area contributed by atoms with Gasteiger partial charge in [0.1, 0.15) is 0 Å². The van der Waals surface area contributed by atoms with Gasteiger partial charge in [0.05, 0.1) is 5.41 Å². The quantitative estimate of drug-likeness (QED) is 0.904. The fraction of sp³-hybridized carbons (Fsp3) is 0.571. The Labute approximate surface area is 113 Å². The molecular weight excluding hydrogens is 240 g/mol. The van der Waals surface area contributed by atoms with Crippen molar-refractivity contribution in [1.82, 2.24) is 20.2 Å². The Hall–Kier alpha value is -1.46. The highest BCUT2D eigenvalue weighted by Gasteiger charge is 2.30. The van der Waals surface area contributed by atoms with Crippen molar-refractivity contribution in [3.63, 3.8) is 0 Å². The van der Waals surface area contributed by atoms with Gasteiger partial charge in [0.25, 0.3) is 0 Å². The normalized spacial score (nSPS) is 18.0. The van der Waals surface area contributed by atoms with Crippen molar-refractivity contribution in [2.75, 3.05) is 32.7 Å². The molecule has 0 aliphatic carbocycles. The van der Waals surface area contributed by atoms with Crippen molar-refractivity contribution in [3.8, 4) is 0 Å². The Kier molecular flexibility index (Phi) is 3.24. The number of hydrogen-bond acceptors (Lipinski definition) is 5. The Morgan fingerprint density at radius 1 is 1.37 bits per heavy atom. The number of nitrogens with zero attached hydrogens (tertiary/aromatic N) is 3. The van der Waals surface area contributed by atoms with Gasteiger partial charge in [-0.1, -0.05) is 0 Å². The van der Waals surface area contributed by atoms with Crippen molar-refractivity contribution in [2.24, 2.45) is 0 Å². The van der Waals surface area contributed by atoms with Crippen molar-refractivity contribution in [2.45, 2.75) is 19.3 Å². The van der Waals surface area contributed by atoms with E-state index in [0.29, 0.717) is 5.65 Å². The third-order valence-electron chi connectivity index (χ3n) is 3.57. The average molecular weight is 260 g/mol. The maximum Gasteiger partial charge on any atom is 0.204 e. The molecule has 5 nitrogen and oxygen atoms in total. The van der Waals surface area contributed by atoms with E-state index in [1.54, 1.807) is 6.20 Å². The van der Waals surface area contributed by atoms with Crippen molar-refractivity contribution in [1.29, 1.82) is 0 Å². The van der Waals surface area contributed by atoms with Gasteiger partial charge in [0.2, 0.25) is 5.89 Å². The maximum atomic E-state index is 5.86. The smallest absolute Gasteiger partial charge is 0.204 e. The summed E-state index contributed by atoms with van der Waals surface area (Å²) in [5.74, 6) is 0.778. The molecule has 5 heteroatoms. The van der Waals surface area contributed by atoms with Crippen LogP contribution in [0.4, 0.5) is 0 Å². The molecule has 0 bridgehead atoms. The molecule has 1 aliphatic heterocycles. The lowest BCUT2D eigenvalue weighted by atomic mass is 9.92. The minimum absolute atomic E-state index is 0.0992. The SMILES string of the molecule is CC(C)(CN1CCNCC1)c1nc2ncccc2o1. The molecule has 19 heavy (non-hydrogen) atoms. The van der Waals surface area contributed by atoms with E-state index in [2.05, 4.69) is 34.0 Å². The van der Waals surface area contributed by atoms with Gasteiger partial charge in [-0.25, -0.2) is 4.98 Å². The molecule has 3 heterocycles. The van der Waals surface area contributed by atoms with Crippen LogP contribution in [0.3, 0.4) is 0 Å². The minimum Gasteiger partial charge on any atom is -0.438 e. The highest BCUT2D eigenvalue weighted by molar-refractivity contribution is 5.67. The summed E-state index contributed by atoms with van der Waals surface area (Å²) in [5.41, 5.74) is 1.37. The monoisotopic (exact) mass is 260 g/mol. The summed E-state index contributed by atoms with van der Waals surface area (Å²) in [4.78, 5) is 11.2. The molecule has 1 saturated heterocycles. The number of rotatable bonds is 3. The minimum atomic E-state index is -0.0992. The maximum absolute atomic E-state index is 5.86. The number of hydrogen-bond donors (Lipinski definition) is 1. The molecule has 0 saturated carbocycles. The molecule has 0 spiro atoms. The largest absolute Gasteiger partial charge is 0.438 e. The summed E-state index contributed by atoms with van der Waals surface area (Å²) < 4.78 is 5.86. The summed E-state index contributed by atoms with van der Waals surface area (Å²) in [6.45, 7) is 9.61. The van der Waals surface area contributed by atoms with Crippen LogP contribution in [0.15, 0.2) is 22.7 Å². The molecule has 2 aromatic heterocycles. The first-order valence-electron chi connectivity index (χ1n) is 6.80. The van der Waals surface area contributed by atoms with Crippen molar-refractivity contribution >= 4 is 11.2 Å². The summed E-state index contributed by atoms with van der Waals surface area (Å²) in [6.07, 6.45) is 1.75. The van der Waals surface area contributed by atoms with E-state index in [1.165, 1.54) is 0 Å². The predicted octanol–water partition coefficient (Wildman–Crippen LogP) is 1.41. The first-order valence-corrected chi connectivity index (χ1v) is 6.80. The van der Waals surface area contributed by atoms with Crippen molar-refractivity contribution in [3.05, 3.63) is 24.2 Å². The van der Waals surface area contributed by atoms with E-state index in [4.69, 9.17) is 4.42 Å². The third-order valence-corrected chi connectivity index (χ3v) is 3.57. The van der Waals surface area contributed by atoms with Crippen LogP contribution in [0.1, 0.15) is 19.7 Å². The van der Waals surface area contributed by atoms with Crippen LogP contribution in [-0.4, -0.2) is 47.6 Å². The van der Waals surface area contributed by atoms with Gasteiger partial charge in [-0.2, -0.15) is 4.98 Å². The molecule has 0 aromatic carbocycles. The molecule has 0 unspecified atom stereocenters. The standard InChI is InChI=1S/C14H20N4O/c1-14(2,10-18-8-6-15-7-9-18)13-17-12-11(19-13)4-3-5-16-12/h3-5,15H,6-10H2,1-2H3. The molecule has 1 N–H and O–H groups in total. The number of fused-ring (bicyclic) bond motifs is 1. The molecule has 1 aliphatic rings. The zero-order valence-corrected chi connectivity index (χ0v) is 11.5. The van der Waals surface area contributed by atoms with Gasteiger partial charge in [-0.05, 0) is 26.0 Å². The number of pyridine rings is 1. The molecule has 102 valence electrons. The highest BCUT2D eigenvalue weighted by Crippen LogP contribution is 2.26. The third kappa shape index (κ3) is 2.62. The lowest BCUT2D eigenvalue weighted by Crippen LogP contribution is -2.48. The predicted molar refractivity (Wildman–Crippen MR) is 74.1 cm³/mol. The molecule has 0 atom stereocenters. The first-order chi connectivity index (χ1) is 9.15. The van der Waals surface area contributed by atoms with Gasteiger partial charge >= 0.3 is 0 Å². The zero-order chi connectivity index (χ0) is 13.3. The van der Waals surface area contributed by atoms with E-state index in [9.17, 15) is 0 Å². The lowest BCUT2D eigenvalue weighted by molar-refractivity contribution is 0.185. The number of nitrogens with one attached hydrogen (secondary N) is 1. The number of aromatic nitrogens is 2. The van der Waals surface area contributed by atoms with E-state index in [1.807, 2.05) is 12.1 Å². The van der Waals surface area contributed by atoms with Crippen molar-refractivity contribution < 1.29 is 4.42 Å². The molecule has 1 fully saturated rings. The van der Waals surface area contributed by atoms with Crippen LogP contribution in [0.25, 0.3) is 11.2 Å². The second-order valence-electron chi connectivity index (χ2n) is 5.75. The van der Waals surface area contributed by atoms with Crippen LogP contribution >= 0.6 is 0 Å². The summed E-state index contributed by atoms with van der Waals surface area (Å²) in [7, 11) is 0. The Morgan fingerprint density at radius 3 is 2.89 bits per heavy atom. The van der Waals surface area contributed by atoms with Crippen LogP contribution in [0.2, 0.25) is 0 Å². The molecule has 3 rings (SSSR count). The topological polar surface area (TPSA) is 54.2 Å². The van der Waals surface area contributed by atoms with E-state index < -0.39 is 0 Å². The fourth-order valence-corrected chi connectivity index (χ4v) is 2.55. The Balaban J connectivity index is 1.81. The summed E-state index contributed by atoms with van der Waals surface area (Å²) in [6, 6.07) is 3.79. The Morgan fingerprint density at radius 2 is 2.16 bits per heavy atom. The second kappa shape index (κ2) is 4.90. The molecule has 0 radical (unpaired) electrons. The van der Waals surface area contributed by atoms with E-state index in [0.717, 1.165) is 44.2 Å². The number of oxazole rings is 1. The fourth-order valence-electron chi connectivity index (χ4n) is 2.55. The summed E-state index contributed by atoms with van der Waals surface area (Å²) in [5, 5.41) is 3.37. The highest BCUT2D eigenvalue weighted by atomic mass is 16.3. The van der Waals surface area contributed by atoms with E-state index >= 15 is 0 Å². The van der Waals surface area contributed by atoms with E-state index in [-0.39, 0.29) is 5.41 Å². The molecular formula is C14H20N4O. The second-order valence-corrected chi connectivity index (χ2v) is 5.75. The zero-order valence-electron chi connectivity index (χ0n) is 11.5. The van der Waals surface area contributed by atoms with Crippen LogP contribution in [0, 0.1) is 0 Å². The Bertz CT molecular complexity index is 524. The van der Waals surface area contributed by atoms with Gasteiger partial charge in [-0.3, -0.25) is 4.90 Å². The van der Waals surface area contributed by atoms with Gasteiger partial charge in [0.15, 0.2) is 11.2 Å². The van der Waals surface area contributed by atoms with Gasteiger partial charge < -0.3 is 9.73 Å². The van der Waals surface area contributed by atoms with Crippen LogP contribution < -0.4 is 5.32 Å². The average Bonchev–Trinajstić information content (AvgIpc) is 2.84. The van der Waals surface area contributed by atoms with Gasteiger partial charge in [-0.15, -0.1) is 0 Å². The van der Waals surface area contributed by atoms with Crippen LogP contribution in [0.5, 0.6) is 0 Å². The van der Waals surface area contributed by atoms with Gasteiger partial charge in [0, 0.05) is 38.9 Å². The molecule has 2 aromatic rings. The summed E-state index contributed by atoms with van der Waals surface area (Å²) >= 11 is 0. The lowest BCUT2D eigenvalue weighted by Gasteiger charge is -2.33. The first kappa shape index (κ1) is 12.6. The van der Waals surface area contributed by atoms with Crippen LogP contribution in [-0.2, 0) is 5.41 Å². The number of piperazine rings is 1.